The molecule has 7 rings (SSSR count). The monoisotopic (exact) mass is 888 g/mol. The van der Waals surface area contributed by atoms with Crippen molar-refractivity contribution in [2.24, 2.45) is 17.8 Å². The molecule has 4 unspecified atom stereocenters. The van der Waals surface area contributed by atoms with Crippen LogP contribution in [-0.4, -0.2) is 135 Å². The van der Waals surface area contributed by atoms with Gasteiger partial charge in [-0.05, 0) is 70.2 Å². The summed E-state index contributed by atoms with van der Waals surface area (Å²) in [6.07, 6.45) is 1.42. The highest BCUT2D eigenvalue weighted by Gasteiger charge is 2.47. The van der Waals surface area contributed by atoms with Crippen molar-refractivity contribution >= 4 is 35.9 Å². The molecule has 0 aliphatic carbocycles. The van der Waals surface area contributed by atoms with Gasteiger partial charge in [0.25, 0.3) is 17.7 Å². The Morgan fingerprint density at radius 1 is 0.922 bits per heavy atom. The molecule has 5 amide bonds. The molecular weight excluding hydrogens is 835 g/mol. The van der Waals surface area contributed by atoms with Crippen LogP contribution in [0.3, 0.4) is 0 Å². The summed E-state index contributed by atoms with van der Waals surface area (Å²) in [4.78, 5) is 89.6. The molecule has 4 aliphatic heterocycles. The zero-order chi connectivity index (χ0) is 45.9. The molecule has 1 aromatic heterocycles. The average molecular weight is 889 g/mol. The van der Waals surface area contributed by atoms with Crippen molar-refractivity contribution in [3.8, 4) is 11.3 Å². The van der Waals surface area contributed by atoms with Crippen molar-refractivity contribution in [3.05, 3.63) is 89.9 Å². The molecule has 0 bridgehead atoms. The lowest BCUT2D eigenvalue weighted by Gasteiger charge is -2.42. The minimum atomic E-state index is -1.29. The van der Waals surface area contributed by atoms with Gasteiger partial charge in [0, 0.05) is 95.2 Å². The summed E-state index contributed by atoms with van der Waals surface area (Å²) in [5, 5.41) is 0. The van der Waals surface area contributed by atoms with E-state index in [4.69, 9.17) is 23.9 Å². The largest absolute Gasteiger partial charge is 0.453 e. The van der Waals surface area contributed by atoms with Crippen LogP contribution < -0.4 is 0 Å². The van der Waals surface area contributed by atoms with Crippen molar-refractivity contribution in [1.82, 2.24) is 29.2 Å². The van der Waals surface area contributed by atoms with Crippen LogP contribution in [0.4, 0.5) is 18.4 Å². The maximum Gasteiger partial charge on any atom is 0.410 e. The number of rotatable bonds is 13. The molecule has 342 valence electrons. The summed E-state index contributed by atoms with van der Waals surface area (Å²) in [6.45, 7) is 9.19. The van der Waals surface area contributed by atoms with E-state index in [-0.39, 0.29) is 68.9 Å². The number of benzene rings is 2. The van der Waals surface area contributed by atoms with E-state index >= 15 is 4.39 Å². The topological polar surface area (TPSA) is 170 Å². The number of nitrogens with zero attached hydrogens (tertiary/aromatic N) is 6. The van der Waals surface area contributed by atoms with Crippen molar-refractivity contribution in [2.75, 3.05) is 52.5 Å². The van der Waals surface area contributed by atoms with E-state index in [9.17, 15) is 33.2 Å². The fourth-order valence-electron chi connectivity index (χ4n) is 8.69. The molecule has 5 heterocycles. The molecule has 18 heteroatoms. The third kappa shape index (κ3) is 10.8. The van der Waals surface area contributed by atoms with Gasteiger partial charge in [-0.1, -0.05) is 30.3 Å². The van der Waals surface area contributed by atoms with E-state index in [0.29, 0.717) is 31.9 Å². The van der Waals surface area contributed by atoms with Gasteiger partial charge >= 0.3 is 18.2 Å². The van der Waals surface area contributed by atoms with Crippen LogP contribution in [0.1, 0.15) is 64.9 Å². The van der Waals surface area contributed by atoms with Gasteiger partial charge < -0.3 is 38.2 Å². The maximum atomic E-state index is 15.5. The van der Waals surface area contributed by atoms with Gasteiger partial charge in [0.1, 0.15) is 29.2 Å². The normalized spacial score (nSPS) is 20.3. The number of hydrogen-bond acceptors (Lipinski definition) is 11. The second-order valence-corrected chi connectivity index (χ2v) is 17.8. The number of aromatic nitrogens is 2. The van der Waals surface area contributed by atoms with Crippen molar-refractivity contribution < 1.29 is 56.5 Å². The third-order valence-electron chi connectivity index (χ3n) is 11.8. The SMILES string of the molecule is CC(=O)OC(C)C(=O)N(CC1CN(C(=O)OC(C)(C)C)CC1OC(=O)N1CC(CN2C(=O)C=CC2=O)C1)C(c1nc(-c2cc(F)ccc2F)cn1Cc1ccccc1)C1CCOCC1. The summed E-state index contributed by atoms with van der Waals surface area (Å²) in [5.74, 6) is -4.31. The standard InChI is InChI=1S/C46H54F2N6O10/c1-28(62-29(2)55)43(58)54(25-33-24-52(45(60)64-46(3,4)5)27-38(33)63-44(59)51-21-31(22-51)23-53-39(56)13-14-40(53)57)41(32-15-17-61-18-16-32)42-49-37(35-19-34(47)11-12-36(35)48)26-50(42)20-30-9-7-6-8-10-30/h6-14,19,26,28,31-33,38,41H,15-18,20-25,27H2,1-5H3. The van der Waals surface area contributed by atoms with Crippen molar-refractivity contribution in [1.29, 1.82) is 0 Å². The number of carbonyl (C=O) groups excluding carboxylic acids is 6. The Kier molecular flexibility index (Phi) is 13.8. The zero-order valence-electron chi connectivity index (χ0n) is 36.6. The number of hydrogen-bond donors (Lipinski definition) is 0. The number of carbonyl (C=O) groups is 6. The Labute approximate surface area is 370 Å². The highest BCUT2D eigenvalue weighted by atomic mass is 19.1. The molecule has 64 heavy (non-hydrogen) atoms. The van der Waals surface area contributed by atoms with E-state index < -0.39 is 77.3 Å². The molecule has 0 radical (unpaired) electrons. The number of amides is 5. The summed E-state index contributed by atoms with van der Waals surface area (Å²) in [7, 11) is 0. The molecule has 0 N–H and O–H groups in total. The average Bonchev–Trinajstić information content (AvgIpc) is 3.92. The van der Waals surface area contributed by atoms with Gasteiger partial charge in [-0.2, -0.15) is 0 Å². The van der Waals surface area contributed by atoms with Gasteiger partial charge in [0.2, 0.25) is 0 Å². The Morgan fingerprint density at radius 2 is 1.59 bits per heavy atom. The highest BCUT2D eigenvalue weighted by Crippen LogP contribution is 2.39. The molecule has 4 aliphatic rings. The minimum Gasteiger partial charge on any atom is -0.453 e. The second-order valence-electron chi connectivity index (χ2n) is 17.8. The minimum absolute atomic E-state index is 0.00605. The number of esters is 1. The number of imidazole rings is 1. The van der Waals surface area contributed by atoms with Crippen LogP contribution >= 0.6 is 0 Å². The first-order chi connectivity index (χ1) is 30.4. The lowest BCUT2D eigenvalue weighted by atomic mass is 9.88. The van der Waals surface area contributed by atoms with Gasteiger partial charge in [-0.3, -0.25) is 24.1 Å². The molecule has 3 fully saturated rings. The Balaban J connectivity index is 1.26. The van der Waals surface area contributed by atoms with Crippen LogP contribution in [0.25, 0.3) is 11.3 Å². The van der Waals surface area contributed by atoms with Crippen LogP contribution in [0.15, 0.2) is 66.9 Å². The quantitative estimate of drug-likeness (QED) is 0.123. The van der Waals surface area contributed by atoms with Crippen LogP contribution in [-0.2, 0) is 44.7 Å². The second kappa shape index (κ2) is 19.3. The molecule has 16 nitrogen and oxygen atoms in total. The Hall–Kier alpha value is -6.17. The molecule has 3 saturated heterocycles. The third-order valence-corrected chi connectivity index (χ3v) is 11.8. The lowest BCUT2D eigenvalue weighted by Crippen LogP contribution is -2.55. The predicted octanol–water partition coefficient (Wildman–Crippen LogP) is 5.35. The molecule has 2 aromatic carbocycles. The van der Waals surface area contributed by atoms with Crippen molar-refractivity contribution in [3.63, 3.8) is 0 Å². The predicted molar refractivity (Wildman–Crippen MR) is 225 cm³/mol. The lowest BCUT2D eigenvalue weighted by molar-refractivity contribution is -0.160. The maximum absolute atomic E-state index is 15.5. The van der Waals surface area contributed by atoms with E-state index in [1.807, 2.05) is 34.9 Å². The number of imide groups is 1. The van der Waals surface area contributed by atoms with Gasteiger partial charge in [-0.25, -0.2) is 23.4 Å². The smallest absolute Gasteiger partial charge is 0.410 e. The van der Waals surface area contributed by atoms with Gasteiger partial charge in [0.15, 0.2) is 6.10 Å². The van der Waals surface area contributed by atoms with E-state index in [1.165, 1.54) is 35.8 Å². The number of likely N-dealkylation sites (tertiary alicyclic amines) is 2. The fourth-order valence-corrected chi connectivity index (χ4v) is 8.69. The molecule has 3 aromatic rings. The number of ether oxygens (including phenoxy) is 4. The molecular formula is C46H54F2N6O10. The van der Waals surface area contributed by atoms with Gasteiger partial charge in [-0.15, -0.1) is 0 Å². The summed E-state index contributed by atoms with van der Waals surface area (Å²) in [5.41, 5.74) is 0.0611. The highest BCUT2D eigenvalue weighted by molar-refractivity contribution is 6.12. The first-order valence-electron chi connectivity index (χ1n) is 21.5. The van der Waals surface area contributed by atoms with E-state index in [1.54, 1.807) is 31.9 Å². The van der Waals surface area contributed by atoms with Crippen molar-refractivity contribution in [2.45, 2.75) is 77.9 Å². The van der Waals surface area contributed by atoms with Crippen LogP contribution in [0, 0.1) is 29.4 Å². The summed E-state index contributed by atoms with van der Waals surface area (Å²) in [6, 6.07) is 11.7. The van der Waals surface area contributed by atoms with Crippen LogP contribution in [0.2, 0.25) is 0 Å². The molecule has 0 saturated carbocycles. The van der Waals surface area contributed by atoms with Gasteiger partial charge in [0.05, 0.1) is 18.3 Å². The zero-order valence-corrected chi connectivity index (χ0v) is 36.6. The molecule has 0 spiro atoms. The Bertz CT molecular complexity index is 2250. The first kappa shape index (κ1) is 45.8. The van der Waals surface area contributed by atoms with E-state index in [0.717, 1.165) is 28.7 Å². The number of halogens is 2. The molecule has 4 atom stereocenters. The first-order valence-corrected chi connectivity index (χ1v) is 21.5. The Morgan fingerprint density at radius 3 is 2.25 bits per heavy atom. The van der Waals surface area contributed by atoms with Crippen LogP contribution in [0.5, 0.6) is 0 Å². The van der Waals surface area contributed by atoms with E-state index in [2.05, 4.69) is 0 Å². The summed E-state index contributed by atoms with van der Waals surface area (Å²) >= 11 is 0. The summed E-state index contributed by atoms with van der Waals surface area (Å²) < 4.78 is 55.1. The fraction of sp³-hybridized carbons (Fsp3) is 0.500.